The number of benzene rings is 2. The van der Waals surface area contributed by atoms with Gasteiger partial charge in [0.15, 0.2) is 10.0 Å². The van der Waals surface area contributed by atoms with Crippen molar-refractivity contribution in [2.75, 3.05) is 0 Å². The number of aryl methyl sites for hydroxylation is 1. The van der Waals surface area contributed by atoms with E-state index in [9.17, 15) is 4.39 Å². The number of aromatic nitrogens is 2. The molecule has 2 heterocycles. The normalized spacial score (nSPS) is 11.8. The smallest absolute Gasteiger partial charge is 0.153 e. The fraction of sp³-hybridized carbons (Fsp3) is 0.250. The van der Waals surface area contributed by atoms with E-state index in [2.05, 4.69) is 52.0 Å². The van der Waals surface area contributed by atoms with Crippen molar-refractivity contribution in [1.82, 2.24) is 9.97 Å². The van der Waals surface area contributed by atoms with E-state index in [1.54, 1.807) is 34.8 Å². The van der Waals surface area contributed by atoms with Gasteiger partial charge in [-0.2, -0.15) is 0 Å². The molecule has 0 atom stereocenters. The van der Waals surface area contributed by atoms with Gasteiger partial charge in [-0.3, -0.25) is 0 Å². The molecule has 0 N–H and O–H groups in total. The third kappa shape index (κ3) is 4.16. The summed E-state index contributed by atoms with van der Waals surface area (Å²) < 4.78 is 13.2. The van der Waals surface area contributed by atoms with Crippen molar-refractivity contribution < 1.29 is 4.39 Å². The molecule has 0 aliphatic heterocycles. The van der Waals surface area contributed by atoms with Crippen LogP contribution in [0.3, 0.4) is 0 Å². The van der Waals surface area contributed by atoms with Crippen LogP contribution in [-0.2, 0) is 11.8 Å². The van der Waals surface area contributed by atoms with Crippen LogP contribution in [0, 0.1) is 5.82 Å². The Morgan fingerprint density at radius 2 is 1.52 bits per heavy atom. The van der Waals surface area contributed by atoms with Gasteiger partial charge in [-0.1, -0.05) is 52.0 Å². The molecule has 4 aromatic rings. The summed E-state index contributed by atoms with van der Waals surface area (Å²) in [5.74, 6) is -0.237. The molecule has 0 radical (unpaired) electrons. The van der Waals surface area contributed by atoms with E-state index in [1.807, 2.05) is 5.38 Å². The van der Waals surface area contributed by atoms with E-state index in [0.29, 0.717) is 0 Å². The highest BCUT2D eigenvalue weighted by Gasteiger charge is 2.18. The Morgan fingerprint density at radius 3 is 2.14 bits per heavy atom. The number of halogens is 1. The first-order valence-electron chi connectivity index (χ1n) is 9.67. The molecule has 0 spiro atoms. The highest BCUT2D eigenvalue weighted by atomic mass is 32.1. The first kappa shape index (κ1) is 19.9. The Kier molecular flexibility index (Phi) is 5.36. The van der Waals surface area contributed by atoms with Gasteiger partial charge >= 0.3 is 0 Å². The molecule has 0 aliphatic carbocycles. The minimum Gasteiger partial charge on any atom is -0.233 e. The maximum absolute atomic E-state index is 13.2. The van der Waals surface area contributed by atoms with E-state index < -0.39 is 0 Å². The fourth-order valence-corrected chi connectivity index (χ4v) is 5.05. The number of hydrogen-bond donors (Lipinski definition) is 0. The molecule has 0 amide bonds. The van der Waals surface area contributed by atoms with E-state index >= 15 is 0 Å². The predicted octanol–water partition coefficient (Wildman–Crippen LogP) is 7.60. The lowest BCUT2D eigenvalue weighted by Crippen LogP contribution is -2.10. The minimum absolute atomic E-state index is 0.136. The Morgan fingerprint density at radius 1 is 0.862 bits per heavy atom. The second-order valence-corrected chi connectivity index (χ2v) is 9.96. The van der Waals surface area contributed by atoms with Crippen LogP contribution in [-0.4, -0.2) is 9.97 Å². The molecule has 0 bridgehead atoms. The van der Waals surface area contributed by atoms with Gasteiger partial charge in [-0.25, -0.2) is 14.4 Å². The molecule has 0 fully saturated rings. The zero-order valence-electron chi connectivity index (χ0n) is 17.0. The van der Waals surface area contributed by atoms with Gasteiger partial charge in [0.1, 0.15) is 5.82 Å². The first-order chi connectivity index (χ1) is 13.8. The lowest BCUT2D eigenvalue weighted by Gasteiger charge is -2.19. The Bertz CT molecular complexity index is 1120. The summed E-state index contributed by atoms with van der Waals surface area (Å²) in [5.41, 5.74) is 5.42. The molecule has 4 rings (SSSR count). The summed E-state index contributed by atoms with van der Waals surface area (Å²) in [4.78, 5) is 11.0. The number of rotatable bonds is 4. The van der Waals surface area contributed by atoms with Crippen LogP contribution in [0.5, 0.6) is 0 Å². The van der Waals surface area contributed by atoms with Crippen LogP contribution < -0.4 is 0 Å². The maximum atomic E-state index is 13.2. The van der Waals surface area contributed by atoms with Crippen LogP contribution in [0.2, 0.25) is 0 Å². The summed E-state index contributed by atoms with van der Waals surface area (Å²) in [6, 6.07) is 15.2. The van der Waals surface area contributed by atoms with Gasteiger partial charge in [-0.05, 0) is 41.7 Å². The summed E-state index contributed by atoms with van der Waals surface area (Å²) in [6.07, 6.45) is 0.935. The largest absolute Gasteiger partial charge is 0.233 e. The van der Waals surface area contributed by atoms with Crippen molar-refractivity contribution in [2.24, 2.45) is 0 Å². The summed E-state index contributed by atoms with van der Waals surface area (Å²) in [7, 11) is 0. The molecule has 2 aromatic carbocycles. The molecule has 0 saturated heterocycles. The van der Waals surface area contributed by atoms with Crippen LogP contribution in [0.15, 0.2) is 53.9 Å². The van der Waals surface area contributed by atoms with Gasteiger partial charge in [0.05, 0.1) is 11.4 Å². The van der Waals surface area contributed by atoms with Gasteiger partial charge < -0.3 is 0 Å². The molecule has 0 saturated carbocycles. The fourth-order valence-electron chi connectivity index (χ4n) is 3.16. The second-order valence-electron chi connectivity index (χ2n) is 8.02. The third-order valence-electron chi connectivity index (χ3n) is 4.87. The van der Waals surface area contributed by atoms with Crippen LogP contribution in [0.1, 0.15) is 38.1 Å². The van der Waals surface area contributed by atoms with Crippen LogP contribution >= 0.6 is 22.7 Å². The Balaban J connectivity index is 1.67. The zero-order valence-corrected chi connectivity index (χ0v) is 18.6. The van der Waals surface area contributed by atoms with E-state index in [1.165, 1.54) is 22.6 Å². The molecule has 2 nitrogen and oxygen atoms in total. The van der Waals surface area contributed by atoms with Crippen molar-refractivity contribution in [2.45, 2.75) is 39.5 Å². The summed E-state index contributed by atoms with van der Waals surface area (Å²) >= 11 is 3.28. The molecular formula is C24H23FN2S2. The van der Waals surface area contributed by atoms with Crippen molar-refractivity contribution in [3.63, 3.8) is 0 Å². The van der Waals surface area contributed by atoms with Gasteiger partial charge in [0.25, 0.3) is 0 Å². The standard InChI is InChI=1S/C24H23FN2S2/c1-5-20-21(16-6-10-17(11-7-16)24(2,3)4)27-23(29-20)22-26-19(14-28-22)15-8-12-18(25)13-9-15/h6-14H,5H2,1-4H3. The average molecular weight is 423 g/mol. The average Bonchev–Trinajstić information content (AvgIpc) is 3.35. The van der Waals surface area contributed by atoms with Gasteiger partial charge in [0, 0.05) is 21.4 Å². The van der Waals surface area contributed by atoms with Gasteiger partial charge in [-0.15, -0.1) is 22.7 Å². The van der Waals surface area contributed by atoms with Crippen molar-refractivity contribution in [1.29, 1.82) is 0 Å². The summed E-state index contributed by atoms with van der Waals surface area (Å²) in [5, 5.41) is 3.85. The van der Waals surface area contributed by atoms with E-state index in [-0.39, 0.29) is 11.2 Å². The monoisotopic (exact) mass is 422 g/mol. The van der Waals surface area contributed by atoms with Crippen molar-refractivity contribution >= 4 is 22.7 Å². The second kappa shape index (κ2) is 7.81. The summed E-state index contributed by atoms with van der Waals surface area (Å²) in [6.45, 7) is 8.83. The topological polar surface area (TPSA) is 25.8 Å². The minimum atomic E-state index is -0.237. The van der Waals surface area contributed by atoms with Gasteiger partial charge in [0.2, 0.25) is 0 Å². The highest BCUT2D eigenvalue weighted by Crippen LogP contribution is 2.37. The molecule has 148 valence electrons. The molecule has 5 heteroatoms. The Hall–Kier alpha value is -2.37. The number of thiazole rings is 2. The lowest BCUT2D eigenvalue weighted by molar-refractivity contribution is 0.590. The SMILES string of the molecule is CCc1sc(-c2nc(-c3ccc(F)cc3)cs2)nc1-c1ccc(C(C)(C)C)cc1. The number of nitrogens with zero attached hydrogens (tertiary/aromatic N) is 2. The maximum Gasteiger partial charge on any atom is 0.153 e. The molecule has 2 aromatic heterocycles. The molecular weight excluding hydrogens is 399 g/mol. The van der Waals surface area contributed by atoms with Crippen LogP contribution in [0.25, 0.3) is 32.5 Å². The quantitative estimate of drug-likeness (QED) is 0.338. The molecule has 0 aliphatic rings. The van der Waals surface area contributed by atoms with Crippen LogP contribution in [0.4, 0.5) is 4.39 Å². The van der Waals surface area contributed by atoms with Crippen molar-refractivity contribution in [3.05, 3.63) is 70.2 Å². The third-order valence-corrected chi connectivity index (χ3v) is 7.05. The predicted molar refractivity (Wildman–Crippen MR) is 122 cm³/mol. The van der Waals surface area contributed by atoms with E-state index in [0.717, 1.165) is 39.0 Å². The lowest BCUT2D eigenvalue weighted by atomic mass is 9.86. The van der Waals surface area contributed by atoms with Crippen molar-refractivity contribution in [3.8, 4) is 32.5 Å². The molecule has 0 unspecified atom stereocenters. The molecule has 29 heavy (non-hydrogen) atoms. The zero-order chi connectivity index (χ0) is 20.6. The Labute approximate surface area is 179 Å². The van der Waals surface area contributed by atoms with E-state index in [4.69, 9.17) is 9.97 Å². The number of hydrogen-bond acceptors (Lipinski definition) is 4. The first-order valence-corrected chi connectivity index (χ1v) is 11.4. The highest BCUT2D eigenvalue weighted by molar-refractivity contribution is 7.21.